The van der Waals surface area contributed by atoms with Crippen LogP contribution in [-0.2, 0) is 21.2 Å². The van der Waals surface area contributed by atoms with Crippen molar-refractivity contribution in [2.24, 2.45) is 0 Å². The molecule has 0 spiro atoms. The van der Waals surface area contributed by atoms with Gasteiger partial charge in [-0.1, -0.05) is 49.6 Å². The van der Waals surface area contributed by atoms with Gasteiger partial charge >= 0.3 is 11.6 Å². The van der Waals surface area contributed by atoms with E-state index in [1.165, 1.54) is 24.3 Å². The molecule has 1 aromatic heterocycles. The van der Waals surface area contributed by atoms with E-state index in [9.17, 15) is 18.0 Å². The summed E-state index contributed by atoms with van der Waals surface area (Å²) >= 11 is 6.35. The molecule has 33 heavy (non-hydrogen) atoms. The fourth-order valence-corrected chi connectivity index (χ4v) is 4.80. The maximum absolute atomic E-state index is 12.8. The number of carbonyl (C=O) groups is 1. The zero-order valence-corrected chi connectivity index (χ0v) is 20.3. The number of carbonyl (C=O) groups excluding carboxylic acids is 1. The Morgan fingerprint density at radius 3 is 2.48 bits per heavy atom. The molecule has 176 valence electrons. The Labute approximate surface area is 197 Å². The molecule has 1 N–H and O–H groups in total. The second-order valence-corrected chi connectivity index (χ2v) is 9.91. The number of nitrogens with one attached hydrogen (secondary N) is 1. The molecule has 0 radical (unpaired) electrons. The average molecular weight is 492 g/mol. The smallest absolute Gasteiger partial charge is 0.336 e. The summed E-state index contributed by atoms with van der Waals surface area (Å²) in [4.78, 5) is 24.8. The lowest BCUT2D eigenvalue weighted by Gasteiger charge is -2.17. The van der Waals surface area contributed by atoms with Crippen LogP contribution in [0.3, 0.4) is 0 Å². The number of halogens is 1. The number of rotatable bonds is 9. The summed E-state index contributed by atoms with van der Waals surface area (Å²) in [5, 5.41) is 0.818. The fourth-order valence-electron chi connectivity index (χ4n) is 3.33. The molecule has 1 heterocycles. The molecule has 0 saturated carbocycles. The summed E-state index contributed by atoms with van der Waals surface area (Å²) in [6.07, 6.45) is 2.70. The van der Waals surface area contributed by atoms with Gasteiger partial charge in [0.15, 0.2) is 5.75 Å². The average Bonchev–Trinajstić information content (AvgIpc) is 2.77. The number of ether oxygens (including phenoxy) is 1. The summed E-state index contributed by atoms with van der Waals surface area (Å²) in [6, 6.07) is 9.55. The van der Waals surface area contributed by atoms with Crippen molar-refractivity contribution in [1.29, 1.82) is 0 Å². The van der Waals surface area contributed by atoms with E-state index in [4.69, 9.17) is 20.8 Å². The maximum atomic E-state index is 12.8. The lowest BCUT2D eigenvalue weighted by atomic mass is 10.0. The number of unbranched alkanes of at least 4 members (excludes halogenated alkanes) is 1. The van der Waals surface area contributed by atoms with Crippen LogP contribution in [0.1, 0.15) is 44.2 Å². The van der Waals surface area contributed by atoms with Crippen LogP contribution >= 0.6 is 11.6 Å². The van der Waals surface area contributed by atoms with E-state index in [0.717, 1.165) is 24.0 Å². The van der Waals surface area contributed by atoms with Crippen LogP contribution in [0.2, 0.25) is 5.02 Å². The van der Waals surface area contributed by atoms with Crippen molar-refractivity contribution >= 4 is 38.6 Å². The van der Waals surface area contributed by atoms with Gasteiger partial charge < -0.3 is 9.15 Å². The minimum Gasteiger partial charge on any atom is -0.424 e. The topological polar surface area (TPSA) is 103 Å². The zero-order valence-electron chi connectivity index (χ0n) is 18.7. The van der Waals surface area contributed by atoms with E-state index in [1.54, 1.807) is 25.1 Å². The number of aryl methyl sites for hydroxylation is 2. The molecule has 9 heteroatoms. The normalized spacial score (nSPS) is 12.6. The third kappa shape index (κ3) is 6.01. The third-order valence-electron chi connectivity index (χ3n) is 5.21. The summed E-state index contributed by atoms with van der Waals surface area (Å²) in [7, 11) is -3.93. The molecule has 0 aliphatic carbocycles. The molecule has 3 aromatic rings. The van der Waals surface area contributed by atoms with Gasteiger partial charge in [-0.05, 0) is 49.9 Å². The molecular weight excluding hydrogens is 466 g/mol. The molecular formula is C24H26ClNO6S. The second kappa shape index (κ2) is 10.5. The Bertz CT molecular complexity index is 1320. The van der Waals surface area contributed by atoms with Crippen LogP contribution in [0.5, 0.6) is 5.75 Å². The largest absolute Gasteiger partial charge is 0.424 e. The predicted molar refractivity (Wildman–Crippen MR) is 127 cm³/mol. The van der Waals surface area contributed by atoms with Crippen LogP contribution in [0.25, 0.3) is 11.0 Å². The van der Waals surface area contributed by atoms with Crippen molar-refractivity contribution in [3.63, 3.8) is 0 Å². The first-order chi connectivity index (χ1) is 15.6. The van der Waals surface area contributed by atoms with Crippen LogP contribution < -0.4 is 15.1 Å². The number of hydrogen-bond acceptors (Lipinski definition) is 6. The Balaban J connectivity index is 1.85. The van der Waals surface area contributed by atoms with Crippen molar-refractivity contribution in [2.75, 3.05) is 0 Å². The minimum atomic E-state index is -3.93. The van der Waals surface area contributed by atoms with Crippen molar-refractivity contribution in [1.82, 2.24) is 4.72 Å². The van der Waals surface area contributed by atoms with E-state index >= 15 is 0 Å². The molecule has 7 nitrogen and oxygen atoms in total. The van der Waals surface area contributed by atoms with Crippen molar-refractivity contribution in [2.45, 2.75) is 57.4 Å². The molecule has 1 atom stereocenters. The highest BCUT2D eigenvalue weighted by Crippen LogP contribution is 2.32. The molecule has 0 amide bonds. The lowest BCUT2D eigenvalue weighted by Crippen LogP contribution is -2.42. The van der Waals surface area contributed by atoms with Gasteiger partial charge in [0, 0.05) is 17.5 Å². The SMILES string of the molecule is CCCCc1cc(=O)oc2cc(OC(=O)C(CC)NS(=O)(=O)c3ccc(C)cc3)c(Cl)cc12. The van der Waals surface area contributed by atoms with Crippen LogP contribution in [-0.4, -0.2) is 20.4 Å². The van der Waals surface area contributed by atoms with Gasteiger partial charge in [0.2, 0.25) is 10.0 Å². The van der Waals surface area contributed by atoms with Crippen molar-refractivity contribution in [3.05, 3.63) is 69.0 Å². The van der Waals surface area contributed by atoms with Crippen LogP contribution in [0.15, 0.2) is 56.6 Å². The van der Waals surface area contributed by atoms with E-state index in [2.05, 4.69) is 11.6 Å². The first-order valence-electron chi connectivity index (χ1n) is 10.7. The van der Waals surface area contributed by atoms with E-state index in [0.29, 0.717) is 11.8 Å². The van der Waals surface area contributed by atoms with Gasteiger partial charge in [-0.2, -0.15) is 4.72 Å². The third-order valence-corrected chi connectivity index (χ3v) is 7.00. The number of esters is 1. The number of sulfonamides is 1. The summed E-state index contributed by atoms with van der Waals surface area (Å²) in [5.74, 6) is -0.836. The lowest BCUT2D eigenvalue weighted by molar-refractivity contribution is -0.136. The molecule has 0 aliphatic heterocycles. The van der Waals surface area contributed by atoms with Crippen molar-refractivity contribution < 1.29 is 22.4 Å². The highest BCUT2D eigenvalue weighted by Gasteiger charge is 2.27. The summed E-state index contributed by atoms with van der Waals surface area (Å²) < 4.78 is 38.4. The van der Waals surface area contributed by atoms with Gasteiger partial charge in [0.25, 0.3) is 0 Å². The van der Waals surface area contributed by atoms with E-state index in [-0.39, 0.29) is 27.7 Å². The quantitative estimate of drug-likeness (QED) is 0.263. The second-order valence-electron chi connectivity index (χ2n) is 7.79. The van der Waals surface area contributed by atoms with Crippen molar-refractivity contribution in [3.8, 4) is 5.75 Å². The number of benzene rings is 2. The number of fused-ring (bicyclic) bond motifs is 1. The standard InChI is InChI=1S/C24H26ClNO6S/c1-4-6-7-16-12-23(27)31-21-14-22(19(25)13-18(16)21)32-24(28)20(5-2)26-33(29,30)17-10-8-15(3)9-11-17/h8-14,20,26H,4-7H2,1-3H3. The van der Waals surface area contributed by atoms with E-state index < -0.39 is 27.7 Å². The first kappa shape index (κ1) is 25.0. The molecule has 0 aliphatic rings. The molecule has 1 unspecified atom stereocenters. The predicted octanol–water partition coefficient (Wildman–Crippen LogP) is 4.76. The van der Waals surface area contributed by atoms with Gasteiger partial charge in [0.1, 0.15) is 11.6 Å². The highest BCUT2D eigenvalue weighted by molar-refractivity contribution is 7.89. The fraction of sp³-hybridized carbons (Fsp3) is 0.333. The number of hydrogen-bond donors (Lipinski definition) is 1. The van der Waals surface area contributed by atoms with Crippen LogP contribution in [0, 0.1) is 6.92 Å². The molecule has 3 rings (SSSR count). The van der Waals surface area contributed by atoms with E-state index in [1.807, 2.05) is 6.92 Å². The zero-order chi connectivity index (χ0) is 24.2. The maximum Gasteiger partial charge on any atom is 0.336 e. The summed E-state index contributed by atoms with van der Waals surface area (Å²) in [5.41, 5.74) is 1.45. The Kier molecular flexibility index (Phi) is 7.94. The van der Waals surface area contributed by atoms with Gasteiger partial charge in [-0.15, -0.1) is 0 Å². The Morgan fingerprint density at radius 1 is 1.15 bits per heavy atom. The minimum absolute atomic E-state index is 0.0158. The highest BCUT2D eigenvalue weighted by atomic mass is 35.5. The Hall–Kier alpha value is -2.68. The molecule has 0 bridgehead atoms. The molecule has 0 fully saturated rings. The van der Waals surface area contributed by atoms with Gasteiger partial charge in [-0.25, -0.2) is 18.0 Å². The van der Waals surface area contributed by atoms with Crippen LogP contribution in [0.4, 0.5) is 0 Å². The first-order valence-corrected chi connectivity index (χ1v) is 12.6. The monoisotopic (exact) mass is 491 g/mol. The molecule has 0 saturated heterocycles. The summed E-state index contributed by atoms with van der Waals surface area (Å²) in [6.45, 7) is 5.55. The Morgan fingerprint density at radius 2 is 1.85 bits per heavy atom. The molecule has 2 aromatic carbocycles. The van der Waals surface area contributed by atoms with Gasteiger partial charge in [-0.3, -0.25) is 0 Å². The van der Waals surface area contributed by atoms with Gasteiger partial charge in [0.05, 0.1) is 9.92 Å².